The Labute approximate surface area is 128 Å². The minimum absolute atomic E-state index is 0.158. The van der Waals surface area contributed by atoms with Crippen LogP contribution in [-0.2, 0) is 0 Å². The SMILES string of the molecule is CC(C)C(O)(O)[C@]1(C)N(C(O)(O)C2CC2(F)F)CCC12CC2. The van der Waals surface area contributed by atoms with Crippen LogP contribution in [0.25, 0.3) is 0 Å². The third-order valence-corrected chi connectivity index (χ3v) is 6.45. The van der Waals surface area contributed by atoms with Gasteiger partial charge in [-0.3, -0.25) is 0 Å². The molecule has 0 amide bonds. The number of nitrogens with zero attached hydrogens (tertiary/aromatic N) is 1. The highest BCUT2D eigenvalue weighted by Crippen LogP contribution is 2.69. The molecule has 0 aromatic heterocycles. The zero-order valence-electron chi connectivity index (χ0n) is 13.2. The molecule has 0 aromatic carbocycles. The Morgan fingerprint density at radius 3 is 1.95 bits per heavy atom. The fourth-order valence-corrected chi connectivity index (χ4v) is 4.43. The van der Waals surface area contributed by atoms with Crippen molar-refractivity contribution in [2.75, 3.05) is 6.54 Å². The van der Waals surface area contributed by atoms with Gasteiger partial charge in [0.1, 0.15) is 0 Å². The minimum atomic E-state index is -3.12. The number of likely N-dealkylation sites (tertiary alicyclic amines) is 1. The first-order chi connectivity index (χ1) is 9.83. The van der Waals surface area contributed by atoms with Crippen molar-refractivity contribution in [2.24, 2.45) is 17.3 Å². The molecule has 3 fully saturated rings. The molecule has 3 rings (SSSR count). The molecule has 1 aliphatic heterocycles. The molecule has 1 saturated heterocycles. The summed E-state index contributed by atoms with van der Waals surface area (Å²) in [6.45, 7) is 4.97. The maximum Gasteiger partial charge on any atom is 0.258 e. The second-order valence-electron chi connectivity index (χ2n) is 7.84. The second kappa shape index (κ2) is 4.19. The van der Waals surface area contributed by atoms with Crippen LogP contribution in [0.1, 0.15) is 46.5 Å². The van der Waals surface area contributed by atoms with Gasteiger partial charge in [0.25, 0.3) is 5.92 Å². The first kappa shape index (κ1) is 16.5. The fourth-order valence-electron chi connectivity index (χ4n) is 4.43. The molecule has 22 heavy (non-hydrogen) atoms. The molecule has 2 aliphatic carbocycles. The maximum absolute atomic E-state index is 13.4. The molecule has 7 heteroatoms. The van der Waals surface area contributed by atoms with Crippen molar-refractivity contribution in [3.63, 3.8) is 0 Å². The van der Waals surface area contributed by atoms with Crippen molar-refractivity contribution in [2.45, 2.75) is 69.6 Å². The molecular formula is C15H25F2NO4. The molecular weight excluding hydrogens is 296 g/mol. The van der Waals surface area contributed by atoms with Crippen molar-refractivity contribution in [1.29, 1.82) is 0 Å². The van der Waals surface area contributed by atoms with Crippen molar-refractivity contribution < 1.29 is 29.2 Å². The lowest BCUT2D eigenvalue weighted by Gasteiger charge is -2.53. The van der Waals surface area contributed by atoms with E-state index in [4.69, 9.17) is 0 Å². The smallest absolute Gasteiger partial charge is 0.258 e. The molecule has 3 aliphatic rings. The van der Waals surface area contributed by atoms with Gasteiger partial charge in [-0.25, -0.2) is 13.7 Å². The van der Waals surface area contributed by atoms with Gasteiger partial charge in [-0.15, -0.1) is 0 Å². The quantitative estimate of drug-likeness (QED) is 0.577. The van der Waals surface area contributed by atoms with E-state index >= 15 is 0 Å². The van der Waals surface area contributed by atoms with Crippen LogP contribution in [0, 0.1) is 17.3 Å². The van der Waals surface area contributed by atoms with Crippen LogP contribution >= 0.6 is 0 Å². The van der Waals surface area contributed by atoms with E-state index in [0.29, 0.717) is 6.42 Å². The van der Waals surface area contributed by atoms with E-state index in [0.717, 1.165) is 17.7 Å². The van der Waals surface area contributed by atoms with Gasteiger partial charge in [0.2, 0.25) is 5.91 Å². The Balaban J connectivity index is 2.01. The molecule has 4 N–H and O–H groups in total. The van der Waals surface area contributed by atoms with Gasteiger partial charge in [-0.05, 0) is 31.6 Å². The summed E-state index contributed by atoms with van der Waals surface area (Å²) in [5, 5.41) is 42.2. The average molecular weight is 321 g/mol. The predicted molar refractivity (Wildman–Crippen MR) is 73.6 cm³/mol. The van der Waals surface area contributed by atoms with Crippen LogP contribution in [0.15, 0.2) is 0 Å². The monoisotopic (exact) mass is 321 g/mol. The number of aliphatic hydroxyl groups is 4. The number of hydrogen-bond donors (Lipinski definition) is 4. The van der Waals surface area contributed by atoms with Gasteiger partial charge in [0.15, 0.2) is 5.79 Å². The Kier molecular flexibility index (Phi) is 3.14. The van der Waals surface area contributed by atoms with E-state index in [2.05, 4.69) is 0 Å². The lowest BCUT2D eigenvalue weighted by atomic mass is 9.72. The van der Waals surface area contributed by atoms with Crippen LogP contribution < -0.4 is 0 Å². The van der Waals surface area contributed by atoms with Crippen molar-refractivity contribution in [3.05, 3.63) is 0 Å². The van der Waals surface area contributed by atoms with Gasteiger partial charge in [-0.2, -0.15) is 0 Å². The third kappa shape index (κ3) is 1.80. The van der Waals surface area contributed by atoms with E-state index in [1.165, 1.54) is 0 Å². The molecule has 0 aromatic rings. The topological polar surface area (TPSA) is 84.2 Å². The Hall–Kier alpha value is -0.340. The van der Waals surface area contributed by atoms with Gasteiger partial charge >= 0.3 is 0 Å². The zero-order valence-corrected chi connectivity index (χ0v) is 13.2. The summed E-state index contributed by atoms with van der Waals surface area (Å²) >= 11 is 0. The van der Waals surface area contributed by atoms with E-state index in [1.54, 1.807) is 20.8 Å². The van der Waals surface area contributed by atoms with E-state index in [-0.39, 0.29) is 6.54 Å². The largest absolute Gasteiger partial charge is 0.364 e. The number of halogens is 2. The summed E-state index contributed by atoms with van der Waals surface area (Å²) in [6.07, 6.45) is 1.41. The first-order valence-corrected chi connectivity index (χ1v) is 7.88. The standard InChI is InChI=1S/C15H25F2NO4/c1-9(2)14(19,20)11(3)12(4-5-12)6-7-18(11)15(21,22)10-8-13(10,16)17/h9-10,19-22H,4-8H2,1-3H3/t10?,11-/m1/s1. The van der Waals surface area contributed by atoms with Crippen molar-refractivity contribution in [3.8, 4) is 0 Å². The number of alkyl halides is 2. The van der Waals surface area contributed by atoms with Gasteiger partial charge in [-0.1, -0.05) is 13.8 Å². The number of hydrogen-bond acceptors (Lipinski definition) is 5. The Morgan fingerprint density at radius 2 is 1.59 bits per heavy atom. The highest BCUT2D eigenvalue weighted by Gasteiger charge is 2.78. The molecule has 2 atom stereocenters. The predicted octanol–water partition coefficient (Wildman–Crippen LogP) is 0.862. The van der Waals surface area contributed by atoms with Crippen LogP contribution in [-0.4, -0.2) is 55.0 Å². The van der Waals surface area contributed by atoms with Crippen LogP contribution in [0.2, 0.25) is 0 Å². The molecule has 1 spiro atoms. The second-order valence-corrected chi connectivity index (χ2v) is 7.84. The highest BCUT2D eigenvalue weighted by atomic mass is 19.3. The molecule has 0 radical (unpaired) electrons. The normalized spacial score (nSPS) is 37.1. The average Bonchev–Trinajstić information content (AvgIpc) is 3.23. The number of rotatable bonds is 4. The van der Waals surface area contributed by atoms with Gasteiger partial charge in [0.05, 0.1) is 11.5 Å². The zero-order chi connectivity index (χ0) is 16.8. The van der Waals surface area contributed by atoms with Crippen molar-refractivity contribution in [1.82, 2.24) is 4.90 Å². The summed E-state index contributed by atoms with van der Waals surface area (Å²) in [4.78, 5) is 1.11. The van der Waals surface area contributed by atoms with E-state index in [1.807, 2.05) is 0 Å². The van der Waals surface area contributed by atoms with E-state index in [9.17, 15) is 29.2 Å². The highest BCUT2D eigenvalue weighted by molar-refractivity contribution is 5.23. The summed E-state index contributed by atoms with van der Waals surface area (Å²) in [5.74, 6) is -10.2. The third-order valence-electron chi connectivity index (χ3n) is 6.45. The maximum atomic E-state index is 13.4. The molecule has 1 unspecified atom stereocenters. The van der Waals surface area contributed by atoms with Gasteiger partial charge in [0, 0.05) is 18.9 Å². The fraction of sp³-hybridized carbons (Fsp3) is 1.00. The summed E-state index contributed by atoms with van der Waals surface area (Å²) in [5.41, 5.74) is -1.84. The Morgan fingerprint density at radius 1 is 1.09 bits per heavy atom. The van der Waals surface area contributed by atoms with Crippen LogP contribution in [0.4, 0.5) is 8.78 Å². The summed E-state index contributed by atoms with van der Waals surface area (Å²) in [7, 11) is 0. The summed E-state index contributed by atoms with van der Waals surface area (Å²) in [6, 6.07) is 0. The first-order valence-electron chi connectivity index (χ1n) is 7.88. The minimum Gasteiger partial charge on any atom is -0.364 e. The molecule has 1 heterocycles. The van der Waals surface area contributed by atoms with Crippen molar-refractivity contribution >= 4 is 0 Å². The molecule has 128 valence electrons. The Bertz CT molecular complexity index is 490. The molecule has 0 bridgehead atoms. The lowest BCUT2D eigenvalue weighted by Crippen LogP contribution is -2.71. The lowest BCUT2D eigenvalue weighted by molar-refractivity contribution is -0.361. The molecule has 5 nitrogen and oxygen atoms in total. The molecule has 2 saturated carbocycles. The van der Waals surface area contributed by atoms with Crippen LogP contribution in [0.3, 0.4) is 0 Å². The van der Waals surface area contributed by atoms with E-state index < -0.39 is 46.8 Å². The van der Waals surface area contributed by atoms with Crippen LogP contribution in [0.5, 0.6) is 0 Å². The summed E-state index contributed by atoms with van der Waals surface area (Å²) < 4.78 is 26.8. The van der Waals surface area contributed by atoms with Gasteiger partial charge < -0.3 is 20.4 Å².